The van der Waals surface area contributed by atoms with Crippen LogP contribution in [0.25, 0.3) is 0 Å². The molecule has 4 heteroatoms. The standard InChI is InChI=1S/C15H30N2OSi/c1-15(2,3)19(4,5)17-13(11-14(17)18)12-16-9-7-6-8-10-16/h13H,6-12H2,1-5H3/t13-/m1/s1. The van der Waals surface area contributed by atoms with E-state index in [9.17, 15) is 4.79 Å². The number of amides is 1. The highest BCUT2D eigenvalue weighted by Crippen LogP contribution is 2.43. The molecule has 0 aromatic carbocycles. The van der Waals surface area contributed by atoms with E-state index in [4.69, 9.17) is 0 Å². The molecule has 0 radical (unpaired) electrons. The number of hydrogen-bond donors (Lipinski definition) is 0. The van der Waals surface area contributed by atoms with E-state index in [0.29, 0.717) is 11.9 Å². The number of likely N-dealkylation sites (tertiary alicyclic amines) is 1. The van der Waals surface area contributed by atoms with Gasteiger partial charge in [0.05, 0.1) is 0 Å². The fourth-order valence-corrected chi connectivity index (χ4v) is 5.72. The molecular weight excluding hydrogens is 252 g/mol. The molecule has 0 N–H and O–H groups in total. The van der Waals surface area contributed by atoms with Gasteiger partial charge in [0.15, 0.2) is 8.24 Å². The van der Waals surface area contributed by atoms with Gasteiger partial charge >= 0.3 is 0 Å². The van der Waals surface area contributed by atoms with Gasteiger partial charge < -0.3 is 9.47 Å². The lowest BCUT2D eigenvalue weighted by Gasteiger charge is -2.56. The van der Waals surface area contributed by atoms with Crippen LogP contribution in [0.15, 0.2) is 0 Å². The normalized spacial score (nSPS) is 26.5. The van der Waals surface area contributed by atoms with E-state index in [0.717, 1.165) is 13.0 Å². The van der Waals surface area contributed by atoms with Crippen molar-refractivity contribution in [2.24, 2.45) is 0 Å². The van der Waals surface area contributed by atoms with Gasteiger partial charge in [0.25, 0.3) is 0 Å². The lowest BCUT2D eigenvalue weighted by Crippen LogP contribution is -2.70. The number of carbonyl (C=O) groups excluding carboxylic acids is 1. The second kappa shape index (κ2) is 5.21. The summed E-state index contributed by atoms with van der Waals surface area (Å²) in [4.78, 5) is 14.7. The number of piperidine rings is 1. The molecule has 19 heavy (non-hydrogen) atoms. The van der Waals surface area contributed by atoms with Crippen molar-refractivity contribution in [2.45, 2.75) is 70.6 Å². The molecule has 2 saturated heterocycles. The van der Waals surface area contributed by atoms with E-state index in [2.05, 4.69) is 43.3 Å². The van der Waals surface area contributed by atoms with Gasteiger partial charge in [-0.1, -0.05) is 40.3 Å². The zero-order chi connectivity index (χ0) is 14.3. The molecule has 0 aromatic rings. The Bertz CT molecular complexity index is 343. The minimum absolute atomic E-state index is 0.253. The molecule has 0 aromatic heterocycles. The summed E-state index contributed by atoms with van der Waals surface area (Å²) in [6.07, 6.45) is 4.83. The molecular formula is C15H30N2OSi. The summed E-state index contributed by atoms with van der Waals surface area (Å²) in [5.41, 5.74) is 0. The largest absolute Gasteiger partial charge is 0.365 e. The predicted molar refractivity (Wildman–Crippen MR) is 82.7 cm³/mol. The first-order valence-electron chi connectivity index (χ1n) is 7.78. The van der Waals surface area contributed by atoms with Crippen molar-refractivity contribution >= 4 is 14.1 Å². The molecule has 2 aliphatic heterocycles. The van der Waals surface area contributed by atoms with Crippen molar-refractivity contribution in [3.63, 3.8) is 0 Å². The molecule has 2 fully saturated rings. The number of nitrogens with zero attached hydrogens (tertiary/aromatic N) is 2. The van der Waals surface area contributed by atoms with Crippen LogP contribution in [0.5, 0.6) is 0 Å². The zero-order valence-electron chi connectivity index (χ0n) is 13.3. The number of β-lactam (4-membered cyclic amide) rings is 1. The summed E-state index contributed by atoms with van der Waals surface area (Å²) >= 11 is 0. The summed E-state index contributed by atoms with van der Waals surface area (Å²) in [6.45, 7) is 15.2. The molecule has 1 amide bonds. The minimum Gasteiger partial charge on any atom is -0.365 e. The second-order valence-electron chi connectivity index (χ2n) is 7.79. The average Bonchev–Trinajstić information content (AvgIpc) is 2.27. The summed E-state index contributed by atoms with van der Waals surface area (Å²) in [5, 5.41) is 0.253. The van der Waals surface area contributed by atoms with Crippen LogP contribution >= 0.6 is 0 Å². The van der Waals surface area contributed by atoms with Crippen LogP contribution in [-0.2, 0) is 4.79 Å². The zero-order valence-corrected chi connectivity index (χ0v) is 14.3. The maximum absolute atomic E-state index is 12.1. The third-order valence-electron chi connectivity index (χ3n) is 5.40. The number of rotatable bonds is 3. The van der Waals surface area contributed by atoms with Crippen LogP contribution in [0.4, 0.5) is 0 Å². The summed E-state index contributed by atoms with van der Waals surface area (Å²) in [7, 11) is -1.68. The van der Waals surface area contributed by atoms with Crippen LogP contribution in [-0.4, -0.2) is 49.3 Å². The first-order valence-corrected chi connectivity index (χ1v) is 10.7. The number of carbonyl (C=O) groups is 1. The van der Waals surface area contributed by atoms with Gasteiger partial charge in [-0.05, 0) is 31.0 Å². The number of hydrogen-bond acceptors (Lipinski definition) is 2. The van der Waals surface area contributed by atoms with Crippen LogP contribution < -0.4 is 0 Å². The monoisotopic (exact) mass is 282 g/mol. The van der Waals surface area contributed by atoms with Crippen LogP contribution in [0, 0.1) is 0 Å². The first-order chi connectivity index (χ1) is 8.73. The molecule has 2 rings (SSSR count). The Morgan fingerprint density at radius 2 is 1.74 bits per heavy atom. The van der Waals surface area contributed by atoms with E-state index in [1.54, 1.807) is 0 Å². The van der Waals surface area contributed by atoms with Crippen molar-refractivity contribution < 1.29 is 4.79 Å². The third-order valence-corrected chi connectivity index (χ3v) is 10.9. The molecule has 3 nitrogen and oxygen atoms in total. The maximum atomic E-state index is 12.1. The average molecular weight is 283 g/mol. The van der Waals surface area contributed by atoms with Crippen molar-refractivity contribution in [3.8, 4) is 0 Å². The molecule has 0 spiro atoms. The highest BCUT2D eigenvalue weighted by molar-refractivity contribution is 6.79. The van der Waals surface area contributed by atoms with Crippen LogP contribution in [0.3, 0.4) is 0 Å². The summed E-state index contributed by atoms with van der Waals surface area (Å²) < 4.78 is 2.29. The Labute approximate surface area is 119 Å². The fraction of sp³-hybridized carbons (Fsp3) is 0.933. The molecule has 2 aliphatic rings. The quantitative estimate of drug-likeness (QED) is 0.587. The third kappa shape index (κ3) is 2.89. The predicted octanol–water partition coefficient (Wildman–Crippen LogP) is 3.08. The van der Waals surface area contributed by atoms with Crippen molar-refractivity contribution in [2.75, 3.05) is 19.6 Å². The van der Waals surface area contributed by atoms with Crippen molar-refractivity contribution in [1.82, 2.24) is 9.47 Å². The van der Waals surface area contributed by atoms with E-state index in [1.165, 1.54) is 32.4 Å². The summed E-state index contributed by atoms with van der Waals surface area (Å²) in [6, 6.07) is 0.492. The Morgan fingerprint density at radius 1 is 1.16 bits per heavy atom. The van der Waals surface area contributed by atoms with E-state index in [-0.39, 0.29) is 5.04 Å². The van der Waals surface area contributed by atoms with Gasteiger partial charge in [0.2, 0.25) is 5.91 Å². The Morgan fingerprint density at radius 3 is 2.21 bits per heavy atom. The van der Waals surface area contributed by atoms with E-state index < -0.39 is 8.24 Å². The highest BCUT2D eigenvalue weighted by atomic mass is 28.3. The minimum atomic E-state index is -1.68. The SMILES string of the molecule is CC(C)(C)[Si](C)(C)N1C(=O)C[C@@H]1CN1CCCCC1. The Hall–Kier alpha value is -0.353. The molecule has 0 unspecified atom stereocenters. The van der Waals surface area contributed by atoms with Crippen LogP contribution in [0.2, 0.25) is 18.1 Å². The molecule has 1 atom stereocenters. The van der Waals surface area contributed by atoms with Crippen LogP contribution in [0.1, 0.15) is 46.5 Å². The highest BCUT2D eigenvalue weighted by Gasteiger charge is 2.51. The van der Waals surface area contributed by atoms with E-state index in [1.807, 2.05) is 0 Å². The smallest absolute Gasteiger partial charge is 0.217 e. The lowest BCUT2D eigenvalue weighted by atomic mass is 10.0. The summed E-state index contributed by atoms with van der Waals surface area (Å²) in [5.74, 6) is 0.397. The van der Waals surface area contributed by atoms with E-state index >= 15 is 0 Å². The van der Waals surface area contributed by atoms with Gasteiger partial charge in [0, 0.05) is 19.0 Å². The van der Waals surface area contributed by atoms with Crippen molar-refractivity contribution in [1.29, 1.82) is 0 Å². The van der Waals surface area contributed by atoms with Crippen molar-refractivity contribution in [3.05, 3.63) is 0 Å². The molecule has 110 valence electrons. The fourth-order valence-electron chi connectivity index (χ4n) is 3.20. The second-order valence-corrected chi connectivity index (χ2v) is 12.9. The van der Waals surface area contributed by atoms with Gasteiger partial charge in [0.1, 0.15) is 0 Å². The van der Waals surface area contributed by atoms with Gasteiger partial charge in [-0.2, -0.15) is 0 Å². The molecule has 0 aliphatic carbocycles. The maximum Gasteiger partial charge on any atom is 0.217 e. The molecule has 0 saturated carbocycles. The Balaban J connectivity index is 2.01. The Kier molecular flexibility index (Phi) is 4.12. The van der Waals surface area contributed by atoms with Gasteiger partial charge in [-0.15, -0.1) is 0 Å². The molecule has 2 heterocycles. The topological polar surface area (TPSA) is 23.6 Å². The van der Waals surface area contributed by atoms with Gasteiger partial charge in [-0.25, -0.2) is 0 Å². The first kappa shape index (κ1) is 15.0. The van der Waals surface area contributed by atoms with Gasteiger partial charge in [-0.3, -0.25) is 4.79 Å². The lowest BCUT2D eigenvalue weighted by molar-refractivity contribution is -0.139. The molecule has 0 bridgehead atoms.